The number of halogens is 3. The first-order valence-electron chi connectivity index (χ1n) is 12.2. The van der Waals surface area contributed by atoms with Crippen molar-refractivity contribution in [3.05, 3.63) is 82.0 Å². The molecule has 0 saturated heterocycles. The first kappa shape index (κ1) is 25.6. The van der Waals surface area contributed by atoms with Gasteiger partial charge < -0.3 is 14.2 Å². The molecule has 0 N–H and O–H groups in total. The van der Waals surface area contributed by atoms with Gasteiger partial charge in [-0.2, -0.15) is 13.2 Å². The summed E-state index contributed by atoms with van der Waals surface area (Å²) in [5.74, 6) is 0. The number of amides is 1. The van der Waals surface area contributed by atoms with Gasteiger partial charge in [0.25, 0.3) is 5.56 Å². The molecule has 1 aromatic carbocycles. The highest BCUT2D eigenvalue weighted by Crippen LogP contribution is 2.32. The van der Waals surface area contributed by atoms with Gasteiger partial charge in [0, 0.05) is 48.7 Å². The van der Waals surface area contributed by atoms with E-state index in [0.29, 0.717) is 30.8 Å². The minimum Gasteiger partial charge on any atom is -0.444 e. The van der Waals surface area contributed by atoms with E-state index < -0.39 is 17.3 Å². The van der Waals surface area contributed by atoms with Crippen molar-refractivity contribution >= 4 is 17.0 Å². The van der Waals surface area contributed by atoms with Crippen LogP contribution >= 0.6 is 0 Å². The number of nitrogens with zero attached hydrogens (tertiary/aromatic N) is 4. The highest BCUT2D eigenvalue weighted by atomic mass is 19.4. The van der Waals surface area contributed by atoms with Gasteiger partial charge in [-0.25, -0.2) is 4.79 Å². The molecule has 0 atom stereocenters. The average Bonchev–Trinajstić information content (AvgIpc) is 3.13. The lowest BCUT2D eigenvalue weighted by atomic mass is 10.0. The van der Waals surface area contributed by atoms with E-state index in [1.54, 1.807) is 17.2 Å². The van der Waals surface area contributed by atoms with Crippen molar-refractivity contribution in [2.24, 2.45) is 7.05 Å². The standard InChI is InChI=1S/C28H27F3N4O3/c1-27(2,3)38-26(37)34-11-10-21-20-7-6-19(14-23(20)33(4)24(21)16-34)35-12-9-17(13-25(35)36)22-8-5-18(15-32-22)28(29,30)31/h5-9,12-15H,10-11,16H2,1-4H3. The number of fused-ring (bicyclic) bond motifs is 3. The average molecular weight is 525 g/mol. The van der Waals surface area contributed by atoms with Crippen LogP contribution in [0.1, 0.15) is 37.6 Å². The van der Waals surface area contributed by atoms with E-state index in [0.717, 1.165) is 28.9 Å². The maximum atomic E-state index is 13.0. The molecule has 1 amide bonds. The van der Waals surface area contributed by atoms with Crippen LogP contribution < -0.4 is 5.56 Å². The Morgan fingerprint density at radius 2 is 1.82 bits per heavy atom. The van der Waals surface area contributed by atoms with Crippen molar-refractivity contribution in [3.8, 4) is 16.9 Å². The van der Waals surface area contributed by atoms with Crippen molar-refractivity contribution in [2.45, 2.75) is 45.5 Å². The van der Waals surface area contributed by atoms with Crippen LogP contribution in [0.5, 0.6) is 0 Å². The number of ether oxygens (including phenoxy) is 1. The van der Waals surface area contributed by atoms with Gasteiger partial charge in [0.05, 0.1) is 29.0 Å². The smallest absolute Gasteiger partial charge is 0.417 e. The molecule has 0 fully saturated rings. The maximum Gasteiger partial charge on any atom is 0.417 e. The Kier molecular flexibility index (Phi) is 6.08. The van der Waals surface area contributed by atoms with Crippen LogP contribution in [0.15, 0.2) is 59.7 Å². The second-order valence-corrected chi connectivity index (χ2v) is 10.4. The molecule has 0 bridgehead atoms. The van der Waals surface area contributed by atoms with E-state index in [2.05, 4.69) is 4.98 Å². The van der Waals surface area contributed by atoms with E-state index in [1.807, 2.05) is 50.6 Å². The van der Waals surface area contributed by atoms with Gasteiger partial charge in [-0.3, -0.25) is 14.3 Å². The van der Waals surface area contributed by atoms with Gasteiger partial charge in [0.2, 0.25) is 0 Å². The van der Waals surface area contributed by atoms with Crippen LogP contribution in [-0.4, -0.2) is 37.3 Å². The molecule has 3 aromatic heterocycles. The Hall–Kier alpha value is -4.08. The van der Waals surface area contributed by atoms with Crippen LogP contribution in [0.25, 0.3) is 27.8 Å². The number of pyridine rings is 2. The van der Waals surface area contributed by atoms with Crippen molar-refractivity contribution in [1.82, 2.24) is 19.0 Å². The summed E-state index contributed by atoms with van der Waals surface area (Å²) in [5.41, 5.74) is 2.72. The Bertz CT molecular complexity index is 1600. The SMILES string of the molecule is Cn1c2c(c3ccc(-n4ccc(-c5ccc(C(F)(F)F)cn5)cc4=O)cc31)CCN(C(=O)OC(C)(C)C)C2. The van der Waals surface area contributed by atoms with E-state index in [-0.39, 0.29) is 17.3 Å². The minimum absolute atomic E-state index is 0.280. The number of hydrogen-bond donors (Lipinski definition) is 0. The van der Waals surface area contributed by atoms with E-state index in [1.165, 1.54) is 22.3 Å². The maximum absolute atomic E-state index is 13.0. The summed E-state index contributed by atoms with van der Waals surface area (Å²) in [6.07, 6.45) is -1.78. The van der Waals surface area contributed by atoms with Crippen molar-refractivity contribution in [1.29, 1.82) is 0 Å². The van der Waals surface area contributed by atoms with Crippen molar-refractivity contribution in [3.63, 3.8) is 0 Å². The monoisotopic (exact) mass is 524 g/mol. The molecular formula is C28H27F3N4O3. The summed E-state index contributed by atoms with van der Waals surface area (Å²) in [6, 6.07) is 11.0. The lowest BCUT2D eigenvalue weighted by molar-refractivity contribution is -0.137. The third kappa shape index (κ3) is 4.78. The van der Waals surface area contributed by atoms with Crippen LogP contribution in [0.3, 0.4) is 0 Å². The Morgan fingerprint density at radius 1 is 1.05 bits per heavy atom. The van der Waals surface area contributed by atoms with Gasteiger partial charge in [-0.05, 0) is 63.1 Å². The van der Waals surface area contributed by atoms with Gasteiger partial charge in [0.1, 0.15) is 5.60 Å². The fraction of sp³-hybridized carbons (Fsp3) is 0.321. The van der Waals surface area contributed by atoms with E-state index in [9.17, 15) is 22.8 Å². The lowest BCUT2D eigenvalue weighted by Gasteiger charge is -2.30. The molecule has 0 spiro atoms. The predicted molar refractivity (Wildman–Crippen MR) is 137 cm³/mol. The van der Waals surface area contributed by atoms with Crippen LogP contribution in [0.4, 0.5) is 18.0 Å². The number of hydrogen-bond acceptors (Lipinski definition) is 4. The third-order valence-corrected chi connectivity index (χ3v) is 6.63. The minimum atomic E-state index is -4.47. The predicted octanol–water partition coefficient (Wildman–Crippen LogP) is 5.70. The Morgan fingerprint density at radius 3 is 2.45 bits per heavy atom. The zero-order valence-electron chi connectivity index (χ0n) is 21.5. The number of aryl methyl sites for hydroxylation is 1. The van der Waals surface area contributed by atoms with Crippen molar-refractivity contribution in [2.75, 3.05) is 6.54 Å². The second-order valence-electron chi connectivity index (χ2n) is 10.4. The summed E-state index contributed by atoms with van der Waals surface area (Å²) >= 11 is 0. The highest BCUT2D eigenvalue weighted by Gasteiger charge is 2.31. The normalized spacial score (nSPS) is 14.0. The van der Waals surface area contributed by atoms with Crippen LogP contribution in [-0.2, 0) is 30.9 Å². The zero-order chi connectivity index (χ0) is 27.4. The molecule has 38 heavy (non-hydrogen) atoms. The molecule has 7 nitrogen and oxygen atoms in total. The van der Waals surface area contributed by atoms with Gasteiger partial charge >= 0.3 is 12.3 Å². The molecule has 4 aromatic rings. The zero-order valence-corrected chi connectivity index (χ0v) is 21.5. The topological polar surface area (TPSA) is 69.4 Å². The molecule has 5 rings (SSSR count). The molecule has 0 aliphatic carbocycles. The highest BCUT2D eigenvalue weighted by molar-refractivity contribution is 5.88. The van der Waals surface area contributed by atoms with Gasteiger partial charge in [0.15, 0.2) is 0 Å². The van der Waals surface area contributed by atoms with Crippen molar-refractivity contribution < 1.29 is 22.7 Å². The van der Waals surface area contributed by atoms with Gasteiger partial charge in [-0.15, -0.1) is 0 Å². The summed E-state index contributed by atoms with van der Waals surface area (Å²) in [4.78, 5) is 31.2. The van der Waals surface area contributed by atoms with E-state index >= 15 is 0 Å². The number of carbonyl (C=O) groups is 1. The molecule has 10 heteroatoms. The fourth-order valence-corrected chi connectivity index (χ4v) is 4.76. The Labute approximate surface area is 217 Å². The number of benzene rings is 1. The summed E-state index contributed by atoms with van der Waals surface area (Å²) < 4.78 is 47.6. The van der Waals surface area contributed by atoms with Gasteiger partial charge in [-0.1, -0.05) is 6.07 Å². The third-order valence-electron chi connectivity index (χ3n) is 6.63. The summed E-state index contributed by atoms with van der Waals surface area (Å²) in [6.45, 7) is 6.51. The second kappa shape index (κ2) is 9.04. The summed E-state index contributed by atoms with van der Waals surface area (Å²) in [5, 5.41) is 1.06. The number of carbonyl (C=O) groups excluding carboxylic acids is 1. The Balaban J connectivity index is 1.44. The molecule has 198 valence electrons. The number of alkyl halides is 3. The molecule has 4 heterocycles. The molecule has 0 unspecified atom stereocenters. The first-order valence-corrected chi connectivity index (χ1v) is 12.2. The summed E-state index contributed by atoms with van der Waals surface area (Å²) in [7, 11) is 1.94. The molecule has 0 radical (unpaired) electrons. The number of aromatic nitrogens is 3. The molecule has 0 saturated carbocycles. The first-order chi connectivity index (χ1) is 17.8. The molecule has 1 aliphatic heterocycles. The van der Waals surface area contributed by atoms with Crippen LogP contribution in [0.2, 0.25) is 0 Å². The number of rotatable bonds is 2. The quantitative estimate of drug-likeness (QED) is 0.337. The fourth-order valence-electron chi connectivity index (χ4n) is 4.76. The molecular weight excluding hydrogens is 497 g/mol. The van der Waals surface area contributed by atoms with Crippen LogP contribution in [0, 0.1) is 0 Å². The van der Waals surface area contributed by atoms with E-state index in [4.69, 9.17) is 4.74 Å². The largest absolute Gasteiger partial charge is 0.444 e. The lowest BCUT2D eigenvalue weighted by Crippen LogP contribution is -2.40. The molecule has 1 aliphatic rings.